The first kappa shape index (κ1) is 20.9. The van der Waals surface area contributed by atoms with Gasteiger partial charge in [-0.25, -0.2) is 0 Å². The van der Waals surface area contributed by atoms with Crippen molar-refractivity contribution in [3.63, 3.8) is 0 Å². The summed E-state index contributed by atoms with van der Waals surface area (Å²) in [5.41, 5.74) is 2.19. The molecule has 0 spiro atoms. The molecule has 0 fully saturated rings. The maximum Gasteiger partial charge on any atom is 0.267 e. The first-order valence-corrected chi connectivity index (χ1v) is 9.73. The van der Waals surface area contributed by atoms with Gasteiger partial charge < -0.3 is 19.9 Å². The minimum absolute atomic E-state index is 0.0676. The predicted octanol–water partition coefficient (Wildman–Crippen LogP) is 3.67. The van der Waals surface area contributed by atoms with Crippen LogP contribution in [0.5, 0.6) is 5.75 Å². The molecule has 2 aromatic carbocycles. The highest BCUT2D eigenvalue weighted by Crippen LogP contribution is 2.36. The standard InChI is InChI=1S/C22H24ClN3O3/c1-15-22(28)26(13-12-25(2)3)19-10-9-18(14-20(19)29-15)24-21(27)11-6-16-4-7-17(23)8-5-16/h4-11,14-15H,12-13H2,1-3H3,(H,24,27)/b11-6+. The van der Waals surface area contributed by atoms with E-state index in [-0.39, 0.29) is 11.8 Å². The summed E-state index contributed by atoms with van der Waals surface area (Å²) in [6.07, 6.45) is 2.60. The average Bonchev–Trinajstić information content (AvgIpc) is 2.68. The van der Waals surface area contributed by atoms with Crippen LogP contribution in [-0.2, 0) is 9.59 Å². The summed E-state index contributed by atoms with van der Waals surface area (Å²) >= 11 is 5.86. The second-order valence-electron chi connectivity index (χ2n) is 7.11. The quantitative estimate of drug-likeness (QED) is 0.734. The number of ether oxygens (including phenoxy) is 1. The third kappa shape index (κ3) is 5.37. The van der Waals surface area contributed by atoms with Crippen LogP contribution in [0.15, 0.2) is 48.5 Å². The third-order valence-corrected chi connectivity index (χ3v) is 4.76. The average molecular weight is 414 g/mol. The molecule has 1 aliphatic heterocycles. The maximum absolute atomic E-state index is 12.5. The molecule has 2 amide bonds. The minimum Gasteiger partial charge on any atom is -0.479 e. The van der Waals surface area contributed by atoms with Crippen LogP contribution in [0.2, 0.25) is 5.02 Å². The summed E-state index contributed by atoms with van der Waals surface area (Å²) in [6.45, 7) is 3.04. The van der Waals surface area contributed by atoms with E-state index in [1.807, 2.05) is 31.1 Å². The molecular formula is C22H24ClN3O3. The van der Waals surface area contributed by atoms with Gasteiger partial charge in [-0.15, -0.1) is 0 Å². The van der Waals surface area contributed by atoms with E-state index in [0.717, 1.165) is 12.1 Å². The number of halogens is 1. The van der Waals surface area contributed by atoms with Gasteiger partial charge in [0.25, 0.3) is 5.91 Å². The fourth-order valence-corrected chi connectivity index (χ4v) is 3.07. The van der Waals surface area contributed by atoms with Gasteiger partial charge >= 0.3 is 0 Å². The summed E-state index contributed by atoms with van der Waals surface area (Å²) in [4.78, 5) is 28.5. The Morgan fingerprint density at radius 2 is 1.97 bits per heavy atom. The van der Waals surface area contributed by atoms with E-state index in [4.69, 9.17) is 16.3 Å². The van der Waals surface area contributed by atoms with E-state index < -0.39 is 6.10 Å². The smallest absolute Gasteiger partial charge is 0.267 e. The van der Waals surface area contributed by atoms with Crippen molar-refractivity contribution in [1.29, 1.82) is 0 Å². The lowest BCUT2D eigenvalue weighted by Gasteiger charge is -2.34. The molecule has 1 unspecified atom stereocenters. The number of nitrogens with one attached hydrogen (secondary N) is 1. The van der Waals surface area contributed by atoms with Gasteiger partial charge in [-0.2, -0.15) is 0 Å². The van der Waals surface area contributed by atoms with Crippen molar-refractivity contribution in [3.05, 3.63) is 59.1 Å². The molecule has 1 N–H and O–H groups in total. The van der Waals surface area contributed by atoms with Crippen LogP contribution in [0.1, 0.15) is 12.5 Å². The van der Waals surface area contributed by atoms with Crippen LogP contribution in [0.25, 0.3) is 6.08 Å². The molecule has 152 valence electrons. The monoisotopic (exact) mass is 413 g/mol. The van der Waals surface area contributed by atoms with Crippen molar-refractivity contribution in [2.24, 2.45) is 0 Å². The summed E-state index contributed by atoms with van der Waals surface area (Å²) in [6, 6.07) is 12.5. The van der Waals surface area contributed by atoms with Gasteiger partial charge in [-0.3, -0.25) is 9.59 Å². The molecule has 3 rings (SSSR count). The Balaban J connectivity index is 1.72. The van der Waals surface area contributed by atoms with E-state index in [1.54, 1.807) is 48.2 Å². The van der Waals surface area contributed by atoms with Crippen molar-refractivity contribution < 1.29 is 14.3 Å². The van der Waals surface area contributed by atoms with E-state index in [2.05, 4.69) is 5.32 Å². The molecule has 0 aromatic heterocycles. The number of carbonyl (C=O) groups is 2. The highest BCUT2D eigenvalue weighted by molar-refractivity contribution is 6.30. The van der Waals surface area contributed by atoms with Crippen LogP contribution < -0.4 is 15.0 Å². The Bertz CT molecular complexity index is 925. The number of benzene rings is 2. The van der Waals surface area contributed by atoms with Crippen LogP contribution in [0.3, 0.4) is 0 Å². The first-order chi connectivity index (χ1) is 13.8. The fraction of sp³-hybridized carbons (Fsp3) is 0.273. The molecule has 1 atom stereocenters. The number of hydrogen-bond acceptors (Lipinski definition) is 4. The van der Waals surface area contributed by atoms with Gasteiger partial charge in [0, 0.05) is 35.9 Å². The second-order valence-corrected chi connectivity index (χ2v) is 7.55. The summed E-state index contributed by atoms with van der Waals surface area (Å²) in [5.74, 6) is 0.252. The molecule has 6 nitrogen and oxygen atoms in total. The van der Waals surface area contributed by atoms with Gasteiger partial charge in [-0.1, -0.05) is 23.7 Å². The SMILES string of the molecule is CC1Oc2cc(NC(=O)/C=C/c3ccc(Cl)cc3)ccc2N(CCN(C)C)C1=O. The number of carbonyl (C=O) groups excluding carboxylic acids is 2. The number of amides is 2. The minimum atomic E-state index is -0.569. The van der Waals surface area contributed by atoms with Crippen LogP contribution in [0.4, 0.5) is 11.4 Å². The molecule has 0 radical (unpaired) electrons. The zero-order chi connectivity index (χ0) is 21.0. The van der Waals surface area contributed by atoms with Crippen LogP contribution >= 0.6 is 11.6 Å². The largest absolute Gasteiger partial charge is 0.479 e. The van der Waals surface area contributed by atoms with E-state index in [1.165, 1.54) is 6.08 Å². The molecule has 29 heavy (non-hydrogen) atoms. The number of likely N-dealkylation sites (N-methyl/N-ethyl adjacent to an activating group) is 1. The lowest BCUT2D eigenvalue weighted by Crippen LogP contribution is -2.46. The van der Waals surface area contributed by atoms with Gasteiger partial charge in [-0.05, 0) is 56.9 Å². The molecule has 7 heteroatoms. The molecule has 0 bridgehead atoms. The summed E-state index contributed by atoms with van der Waals surface area (Å²) in [7, 11) is 3.93. The highest BCUT2D eigenvalue weighted by Gasteiger charge is 2.31. The third-order valence-electron chi connectivity index (χ3n) is 4.50. The molecule has 0 saturated heterocycles. The van der Waals surface area contributed by atoms with Crippen molar-refractivity contribution in [2.75, 3.05) is 37.4 Å². The Morgan fingerprint density at radius 1 is 1.24 bits per heavy atom. The van der Waals surface area contributed by atoms with Crippen LogP contribution in [-0.4, -0.2) is 50.0 Å². The molecule has 0 aliphatic carbocycles. The zero-order valence-corrected chi connectivity index (χ0v) is 17.4. The number of hydrogen-bond donors (Lipinski definition) is 1. The Morgan fingerprint density at radius 3 is 2.66 bits per heavy atom. The Kier molecular flexibility index (Phi) is 6.56. The second kappa shape index (κ2) is 9.11. The first-order valence-electron chi connectivity index (χ1n) is 9.35. The van der Waals surface area contributed by atoms with Crippen molar-refractivity contribution in [1.82, 2.24) is 4.90 Å². The predicted molar refractivity (Wildman–Crippen MR) is 117 cm³/mol. The number of fused-ring (bicyclic) bond motifs is 1. The van der Waals surface area contributed by atoms with Gasteiger partial charge in [0.05, 0.1) is 5.69 Å². The van der Waals surface area contributed by atoms with Gasteiger partial charge in [0.15, 0.2) is 6.10 Å². The summed E-state index contributed by atoms with van der Waals surface area (Å²) in [5, 5.41) is 3.47. The molecule has 1 aliphatic rings. The summed E-state index contributed by atoms with van der Waals surface area (Å²) < 4.78 is 5.76. The van der Waals surface area contributed by atoms with Crippen molar-refractivity contribution >= 4 is 40.9 Å². The lowest BCUT2D eigenvalue weighted by atomic mass is 10.1. The molecular weight excluding hydrogens is 390 g/mol. The van der Waals surface area contributed by atoms with Gasteiger partial charge in [0.2, 0.25) is 5.91 Å². The fourth-order valence-electron chi connectivity index (χ4n) is 2.95. The Labute approximate surface area is 175 Å². The maximum atomic E-state index is 12.5. The normalized spacial score (nSPS) is 16.1. The zero-order valence-electron chi connectivity index (χ0n) is 16.7. The number of nitrogens with zero attached hydrogens (tertiary/aromatic N) is 2. The Hall–Kier alpha value is -2.83. The molecule has 2 aromatic rings. The lowest BCUT2D eigenvalue weighted by molar-refractivity contribution is -0.125. The molecule has 1 heterocycles. The highest BCUT2D eigenvalue weighted by atomic mass is 35.5. The number of rotatable bonds is 6. The topological polar surface area (TPSA) is 61.9 Å². The van der Waals surface area contributed by atoms with E-state index in [9.17, 15) is 9.59 Å². The van der Waals surface area contributed by atoms with Crippen molar-refractivity contribution in [3.8, 4) is 5.75 Å². The van der Waals surface area contributed by atoms with Crippen LogP contribution in [0, 0.1) is 0 Å². The van der Waals surface area contributed by atoms with E-state index in [0.29, 0.717) is 28.7 Å². The van der Waals surface area contributed by atoms with Crippen molar-refractivity contribution in [2.45, 2.75) is 13.0 Å². The van der Waals surface area contributed by atoms with Gasteiger partial charge in [0.1, 0.15) is 5.75 Å². The van der Waals surface area contributed by atoms with E-state index >= 15 is 0 Å². The molecule has 0 saturated carbocycles. The number of anilines is 2.